The SMILES string of the molecule is COc1ccc2c(c1)[C@@H](OC)[C@H]1[C@@H](O2)O[C@H](COCc2ccccc2)[C@H](OCc2ccccc2)[C@@H]1OCc1ccccc1. The topological polar surface area (TPSA) is 64.6 Å². The molecule has 0 aliphatic carbocycles. The molecule has 6 rings (SSSR count). The summed E-state index contributed by atoms with van der Waals surface area (Å²) in [5.74, 6) is 1.10. The van der Waals surface area contributed by atoms with Crippen LogP contribution in [-0.4, -0.2) is 45.4 Å². The zero-order chi connectivity index (χ0) is 29.4. The normalized spacial score (nSPS) is 24.4. The first-order valence-electron chi connectivity index (χ1n) is 14.7. The number of benzene rings is 4. The third-order valence-corrected chi connectivity index (χ3v) is 8.03. The van der Waals surface area contributed by atoms with Crippen molar-refractivity contribution in [3.8, 4) is 11.5 Å². The summed E-state index contributed by atoms with van der Waals surface area (Å²) in [6.45, 7) is 1.56. The molecule has 6 atom stereocenters. The lowest BCUT2D eigenvalue weighted by Crippen LogP contribution is -2.61. The molecule has 1 saturated heterocycles. The first-order chi connectivity index (χ1) is 21.2. The lowest BCUT2D eigenvalue weighted by molar-refractivity contribution is -0.306. The van der Waals surface area contributed by atoms with Crippen LogP contribution < -0.4 is 9.47 Å². The van der Waals surface area contributed by atoms with Crippen LogP contribution in [0.1, 0.15) is 28.4 Å². The molecule has 0 aromatic heterocycles. The molecular weight excluding hydrogens is 544 g/mol. The van der Waals surface area contributed by atoms with Gasteiger partial charge in [0.05, 0.1) is 51.7 Å². The summed E-state index contributed by atoms with van der Waals surface area (Å²) >= 11 is 0. The highest BCUT2D eigenvalue weighted by atomic mass is 16.7. The lowest BCUT2D eigenvalue weighted by Gasteiger charge is -2.50. The van der Waals surface area contributed by atoms with Crippen molar-refractivity contribution in [2.24, 2.45) is 5.92 Å². The Balaban J connectivity index is 1.33. The van der Waals surface area contributed by atoms with Crippen molar-refractivity contribution in [3.05, 3.63) is 131 Å². The Morgan fingerprint density at radius 1 is 0.651 bits per heavy atom. The molecule has 0 spiro atoms. The average Bonchev–Trinajstić information content (AvgIpc) is 3.06. The Bertz CT molecular complexity index is 1420. The van der Waals surface area contributed by atoms with Crippen LogP contribution in [0.25, 0.3) is 0 Å². The van der Waals surface area contributed by atoms with E-state index in [1.165, 1.54) is 0 Å². The first kappa shape index (κ1) is 29.4. The van der Waals surface area contributed by atoms with Crippen LogP contribution in [0.4, 0.5) is 0 Å². The van der Waals surface area contributed by atoms with Gasteiger partial charge in [0.1, 0.15) is 23.7 Å². The molecule has 0 unspecified atom stereocenters. The summed E-state index contributed by atoms with van der Waals surface area (Å²) in [5.41, 5.74) is 4.11. The van der Waals surface area contributed by atoms with Gasteiger partial charge in [-0.15, -0.1) is 0 Å². The molecule has 1 fully saturated rings. The smallest absolute Gasteiger partial charge is 0.208 e. The van der Waals surface area contributed by atoms with E-state index in [0.717, 1.165) is 28.0 Å². The highest BCUT2D eigenvalue weighted by Gasteiger charge is 2.54. The summed E-state index contributed by atoms with van der Waals surface area (Å²) in [4.78, 5) is 0. The summed E-state index contributed by atoms with van der Waals surface area (Å²) in [7, 11) is 3.36. The fraction of sp³-hybridized carbons (Fsp3) is 0.333. The van der Waals surface area contributed by atoms with E-state index in [9.17, 15) is 0 Å². The Hall–Kier alpha value is -3.72. The fourth-order valence-electron chi connectivity index (χ4n) is 5.89. The predicted molar refractivity (Wildman–Crippen MR) is 162 cm³/mol. The Morgan fingerprint density at radius 2 is 1.23 bits per heavy atom. The molecule has 7 heteroatoms. The highest BCUT2D eigenvalue weighted by molar-refractivity contribution is 5.44. The predicted octanol–water partition coefficient (Wildman–Crippen LogP) is 6.50. The molecule has 4 aromatic rings. The van der Waals surface area contributed by atoms with Gasteiger partial charge in [0.2, 0.25) is 6.29 Å². The third kappa shape index (κ3) is 6.93. The number of hydrogen-bond donors (Lipinski definition) is 0. The Labute approximate surface area is 253 Å². The molecule has 0 bridgehead atoms. The van der Waals surface area contributed by atoms with Crippen LogP contribution in [-0.2, 0) is 43.5 Å². The molecule has 224 valence electrons. The van der Waals surface area contributed by atoms with Gasteiger partial charge in [-0.05, 0) is 34.9 Å². The van der Waals surface area contributed by atoms with Gasteiger partial charge in [-0.3, -0.25) is 0 Å². The summed E-state index contributed by atoms with van der Waals surface area (Å²) < 4.78 is 44.6. The maximum absolute atomic E-state index is 6.79. The van der Waals surface area contributed by atoms with Crippen molar-refractivity contribution in [1.29, 1.82) is 0 Å². The van der Waals surface area contributed by atoms with Gasteiger partial charge in [0, 0.05) is 12.7 Å². The van der Waals surface area contributed by atoms with E-state index in [1.807, 2.05) is 84.9 Å². The molecule has 2 aliphatic heterocycles. The van der Waals surface area contributed by atoms with Crippen LogP contribution >= 0.6 is 0 Å². The average molecular weight is 583 g/mol. The van der Waals surface area contributed by atoms with Gasteiger partial charge >= 0.3 is 0 Å². The van der Waals surface area contributed by atoms with Gasteiger partial charge in [-0.2, -0.15) is 0 Å². The minimum Gasteiger partial charge on any atom is -0.497 e. The quantitative estimate of drug-likeness (QED) is 0.189. The van der Waals surface area contributed by atoms with E-state index >= 15 is 0 Å². The number of rotatable bonds is 12. The van der Waals surface area contributed by atoms with Crippen LogP contribution in [0.15, 0.2) is 109 Å². The summed E-state index contributed by atoms with van der Waals surface area (Å²) in [6.07, 6.45) is -2.36. The summed E-state index contributed by atoms with van der Waals surface area (Å²) in [5, 5.41) is 0. The molecule has 0 saturated carbocycles. The number of hydrogen-bond acceptors (Lipinski definition) is 7. The molecule has 7 nitrogen and oxygen atoms in total. The second-order valence-electron chi connectivity index (χ2n) is 10.8. The standard InChI is InChI=1S/C36H38O7/c1-37-28-18-19-30-29(20-28)33(38-2)32-35(41-23-27-16-10-5-11-17-27)34(40-22-26-14-8-4-9-15-26)31(43-36(32)42-30)24-39-21-25-12-6-3-7-13-25/h3-20,31-36H,21-24H2,1-2H3/t31-,32-,33-,34+,35-,36+/m1/s1. The molecule has 2 heterocycles. The van der Waals surface area contributed by atoms with Gasteiger partial charge in [-0.25, -0.2) is 0 Å². The zero-order valence-corrected chi connectivity index (χ0v) is 24.5. The Morgan fingerprint density at radius 3 is 1.81 bits per heavy atom. The van der Waals surface area contributed by atoms with E-state index in [-0.39, 0.29) is 12.0 Å². The van der Waals surface area contributed by atoms with Crippen molar-refractivity contribution in [2.75, 3.05) is 20.8 Å². The zero-order valence-electron chi connectivity index (χ0n) is 24.5. The van der Waals surface area contributed by atoms with Crippen molar-refractivity contribution >= 4 is 0 Å². The van der Waals surface area contributed by atoms with Gasteiger partial charge in [0.25, 0.3) is 0 Å². The Kier molecular flexibility index (Phi) is 9.67. The maximum Gasteiger partial charge on any atom is 0.208 e. The van der Waals surface area contributed by atoms with Gasteiger partial charge in [0.15, 0.2) is 0 Å². The van der Waals surface area contributed by atoms with E-state index < -0.39 is 24.6 Å². The minimum atomic E-state index is -0.631. The van der Waals surface area contributed by atoms with E-state index in [1.54, 1.807) is 14.2 Å². The van der Waals surface area contributed by atoms with E-state index in [2.05, 4.69) is 24.3 Å². The lowest BCUT2D eigenvalue weighted by atomic mass is 9.81. The monoisotopic (exact) mass is 582 g/mol. The number of methoxy groups -OCH3 is 2. The molecule has 2 aliphatic rings. The van der Waals surface area contributed by atoms with Crippen LogP contribution in [0.5, 0.6) is 11.5 Å². The molecular formula is C36H38O7. The second kappa shape index (κ2) is 14.2. The van der Waals surface area contributed by atoms with E-state index in [0.29, 0.717) is 32.2 Å². The summed E-state index contributed by atoms with van der Waals surface area (Å²) in [6, 6.07) is 36.1. The number of fused-ring (bicyclic) bond motifs is 2. The van der Waals surface area contributed by atoms with Crippen LogP contribution in [0.2, 0.25) is 0 Å². The van der Waals surface area contributed by atoms with Crippen molar-refractivity contribution in [1.82, 2.24) is 0 Å². The van der Waals surface area contributed by atoms with Crippen LogP contribution in [0, 0.1) is 5.92 Å². The van der Waals surface area contributed by atoms with Gasteiger partial charge in [-0.1, -0.05) is 91.0 Å². The largest absolute Gasteiger partial charge is 0.497 e. The molecule has 0 amide bonds. The highest BCUT2D eigenvalue weighted by Crippen LogP contribution is 2.48. The molecule has 43 heavy (non-hydrogen) atoms. The number of ether oxygens (including phenoxy) is 7. The van der Waals surface area contributed by atoms with Crippen molar-refractivity contribution < 1.29 is 33.2 Å². The second-order valence-corrected chi connectivity index (χ2v) is 10.8. The third-order valence-electron chi connectivity index (χ3n) is 8.03. The fourth-order valence-corrected chi connectivity index (χ4v) is 5.89. The minimum absolute atomic E-state index is 0.305. The van der Waals surface area contributed by atoms with Gasteiger partial charge < -0.3 is 33.2 Å². The molecule has 4 aromatic carbocycles. The maximum atomic E-state index is 6.79. The van der Waals surface area contributed by atoms with Crippen LogP contribution in [0.3, 0.4) is 0 Å². The molecule has 0 N–H and O–H groups in total. The van der Waals surface area contributed by atoms with Crippen molar-refractivity contribution in [2.45, 2.75) is 50.5 Å². The first-order valence-corrected chi connectivity index (χ1v) is 14.7. The van der Waals surface area contributed by atoms with E-state index in [4.69, 9.17) is 33.2 Å². The molecule has 0 radical (unpaired) electrons. The van der Waals surface area contributed by atoms with Crippen molar-refractivity contribution in [3.63, 3.8) is 0 Å².